The van der Waals surface area contributed by atoms with Crippen molar-refractivity contribution >= 4 is 34.5 Å². The number of aryl methyl sites for hydroxylation is 1. The van der Waals surface area contributed by atoms with Gasteiger partial charge in [-0.05, 0) is 55.7 Å². The third kappa shape index (κ3) is 10.4. The number of alkyl halides is 3. The molecule has 0 aliphatic heterocycles. The molecule has 1 amide bonds. The first kappa shape index (κ1) is 36.3. The number of hydrogen-bond donors (Lipinski definition) is 4. The number of amides is 1. The Morgan fingerprint density at radius 1 is 1.06 bits per heavy atom. The van der Waals surface area contributed by atoms with Crippen LogP contribution in [0.15, 0.2) is 48.7 Å². The summed E-state index contributed by atoms with van der Waals surface area (Å²) in [7, 11) is 1.62. The van der Waals surface area contributed by atoms with E-state index in [0.29, 0.717) is 19.3 Å². The van der Waals surface area contributed by atoms with Gasteiger partial charge in [0.2, 0.25) is 5.91 Å². The average molecular weight is 659 g/mol. The Kier molecular flexibility index (Phi) is 12.7. The van der Waals surface area contributed by atoms with E-state index in [-0.39, 0.29) is 29.7 Å². The SMILES string of the molecule is CCC(=O)CCCCC[C@H](NC(=O)Cc1c(C)[nH]c2ccc(OC)cc12)c1[nH]c(-c2cccc(C(=O)O)c2)c[nH+]1.O=C([O-])C(F)(F)F. The van der Waals surface area contributed by atoms with Gasteiger partial charge in [0.25, 0.3) is 5.82 Å². The third-order valence-corrected chi connectivity index (χ3v) is 7.48. The van der Waals surface area contributed by atoms with Crippen LogP contribution in [0.3, 0.4) is 0 Å². The minimum absolute atomic E-state index is 0.115. The van der Waals surface area contributed by atoms with Gasteiger partial charge in [-0.2, -0.15) is 13.2 Å². The maximum Gasteiger partial charge on any atom is 0.430 e. The number of H-pyrrole nitrogens is 3. The Morgan fingerprint density at radius 2 is 1.79 bits per heavy atom. The number of hydrogen-bond acceptors (Lipinski definition) is 6. The molecule has 0 fully saturated rings. The topological polar surface area (TPSA) is 179 Å². The van der Waals surface area contributed by atoms with Crippen molar-refractivity contribution in [3.8, 4) is 17.0 Å². The molecule has 0 spiro atoms. The zero-order valence-electron chi connectivity index (χ0n) is 26.2. The molecular weight excluding hydrogens is 621 g/mol. The number of unbranched alkanes of at least 4 members (excludes halogenated alkanes) is 2. The highest BCUT2D eigenvalue weighted by atomic mass is 19.4. The lowest BCUT2D eigenvalue weighted by Crippen LogP contribution is -2.37. The lowest BCUT2D eigenvalue weighted by Gasteiger charge is -2.14. The summed E-state index contributed by atoms with van der Waals surface area (Å²) in [5.41, 5.74) is 4.46. The molecule has 0 saturated heterocycles. The quantitative estimate of drug-likeness (QED) is 0.143. The van der Waals surface area contributed by atoms with Crippen molar-refractivity contribution in [2.24, 2.45) is 0 Å². The van der Waals surface area contributed by atoms with Crippen molar-refractivity contribution in [3.05, 3.63) is 71.3 Å². The lowest BCUT2D eigenvalue weighted by molar-refractivity contribution is -0.391. The maximum absolute atomic E-state index is 13.4. The molecule has 2 heterocycles. The summed E-state index contributed by atoms with van der Waals surface area (Å²) < 4.78 is 36.9. The number of fused-ring (bicyclic) bond motifs is 1. The van der Waals surface area contributed by atoms with Crippen LogP contribution in [0, 0.1) is 6.92 Å². The third-order valence-electron chi connectivity index (χ3n) is 7.48. The van der Waals surface area contributed by atoms with E-state index in [4.69, 9.17) is 14.6 Å². The number of ketones is 1. The Labute approximate surface area is 268 Å². The van der Waals surface area contributed by atoms with Crippen molar-refractivity contribution < 1.29 is 52.3 Å². The number of nitrogens with one attached hydrogen (secondary N) is 4. The van der Waals surface area contributed by atoms with Gasteiger partial charge < -0.3 is 30.0 Å². The normalized spacial score (nSPS) is 11.8. The van der Waals surface area contributed by atoms with Crippen LogP contribution in [0.2, 0.25) is 0 Å². The second-order valence-corrected chi connectivity index (χ2v) is 10.8. The standard InChI is InChI=1S/C31H36N4O5.C2HF3O2/c1-4-22(36)11-6-5-7-12-27(30-32-18-28(35-30)20-9-8-10-21(15-20)31(38)39)34-29(37)17-24-19(2)33-26-14-13-23(40-3)16-25(24)26;3-2(4,5)1(6)7/h8-10,13-16,18,27,33H,4-7,11-12,17H2,1-3H3,(H,32,35)(H,34,37)(H,38,39);(H,6,7)/t27-;/m0./s1. The Balaban J connectivity index is 0.000000771. The molecule has 2 aromatic carbocycles. The number of carboxylic acids is 2. The average Bonchev–Trinajstić information content (AvgIpc) is 3.64. The minimum Gasteiger partial charge on any atom is -0.542 e. The zero-order chi connectivity index (χ0) is 34.7. The predicted molar refractivity (Wildman–Crippen MR) is 163 cm³/mol. The molecule has 5 N–H and O–H groups in total. The van der Waals surface area contributed by atoms with E-state index < -0.39 is 18.1 Å². The largest absolute Gasteiger partial charge is 0.542 e. The summed E-state index contributed by atoms with van der Waals surface area (Å²) >= 11 is 0. The number of carbonyl (C=O) groups excluding carboxylic acids is 3. The number of ether oxygens (including phenoxy) is 1. The van der Waals surface area contributed by atoms with Crippen molar-refractivity contribution in [1.29, 1.82) is 0 Å². The molecular formula is C33H37F3N4O7. The monoisotopic (exact) mass is 658 g/mol. The van der Waals surface area contributed by atoms with E-state index >= 15 is 0 Å². The Bertz CT molecular complexity index is 1710. The molecule has 4 rings (SSSR count). The highest BCUT2D eigenvalue weighted by Crippen LogP contribution is 2.28. The van der Waals surface area contributed by atoms with Gasteiger partial charge in [-0.25, -0.2) is 14.8 Å². The number of methoxy groups -OCH3 is 1. The van der Waals surface area contributed by atoms with Gasteiger partial charge in [0.1, 0.15) is 29.7 Å². The fraction of sp³-hybridized carbons (Fsp3) is 0.364. The highest BCUT2D eigenvalue weighted by molar-refractivity contribution is 5.91. The molecule has 4 aromatic rings. The van der Waals surface area contributed by atoms with Crippen LogP contribution in [0.4, 0.5) is 13.2 Å². The molecule has 0 radical (unpaired) electrons. The van der Waals surface area contributed by atoms with Crippen LogP contribution in [-0.2, 0) is 20.8 Å². The van der Waals surface area contributed by atoms with Crippen molar-refractivity contribution in [1.82, 2.24) is 15.3 Å². The van der Waals surface area contributed by atoms with Gasteiger partial charge in [0.05, 0.1) is 19.1 Å². The summed E-state index contributed by atoms with van der Waals surface area (Å²) in [4.78, 5) is 55.2. The fourth-order valence-corrected chi connectivity index (χ4v) is 4.97. The number of rotatable bonds is 14. The Morgan fingerprint density at radius 3 is 2.43 bits per heavy atom. The first-order valence-electron chi connectivity index (χ1n) is 14.9. The van der Waals surface area contributed by atoms with Gasteiger partial charge in [-0.3, -0.25) is 9.59 Å². The van der Waals surface area contributed by atoms with Crippen LogP contribution in [0.1, 0.15) is 78.9 Å². The highest BCUT2D eigenvalue weighted by Gasteiger charge is 2.29. The van der Waals surface area contributed by atoms with E-state index in [1.165, 1.54) is 0 Å². The van der Waals surface area contributed by atoms with Crippen LogP contribution in [0.25, 0.3) is 22.2 Å². The van der Waals surface area contributed by atoms with Gasteiger partial charge >= 0.3 is 12.1 Å². The number of halogens is 3. The maximum atomic E-state index is 13.4. The molecule has 252 valence electrons. The number of aliphatic carboxylic acids is 1. The molecule has 0 unspecified atom stereocenters. The molecule has 47 heavy (non-hydrogen) atoms. The van der Waals surface area contributed by atoms with Crippen molar-refractivity contribution in [2.75, 3.05) is 7.11 Å². The van der Waals surface area contributed by atoms with E-state index in [9.17, 15) is 32.7 Å². The predicted octanol–water partition coefficient (Wildman–Crippen LogP) is 4.62. The van der Waals surface area contributed by atoms with E-state index in [2.05, 4.69) is 20.3 Å². The molecule has 0 aliphatic rings. The number of Topliss-reactive ketones (excluding diaryl/α,β-unsaturated/α-hetero) is 1. The van der Waals surface area contributed by atoms with Gasteiger partial charge in [0, 0.05) is 35.0 Å². The summed E-state index contributed by atoms with van der Waals surface area (Å²) in [5.74, 6) is -2.39. The summed E-state index contributed by atoms with van der Waals surface area (Å²) in [5, 5.41) is 22.3. The molecule has 0 aliphatic carbocycles. The number of carboxylic acid groups (broad SMARTS) is 2. The van der Waals surface area contributed by atoms with Crippen LogP contribution >= 0.6 is 0 Å². The molecule has 11 nitrogen and oxygen atoms in total. The number of aromatic carboxylic acids is 1. The minimum atomic E-state index is -5.19. The fourth-order valence-electron chi connectivity index (χ4n) is 4.97. The first-order chi connectivity index (χ1) is 22.2. The number of aromatic nitrogens is 3. The number of benzene rings is 2. The van der Waals surface area contributed by atoms with Crippen LogP contribution < -0.4 is 20.1 Å². The van der Waals surface area contributed by atoms with Crippen LogP contribution in [0.5, 0.6) is 5.75 Å². The second-order valence-electron chi connectivity index (χ2n) is 10.8. The van der Waals surface area contributed by atoms with Crippen molar-refractivity contribution in [2.45, 2.75) is 71.0 Å². The molecule has 1 atom stereocenters. The van der Waals surface area contributed by atoms with Gasteiger partial charge in [-0.15, -0.1) is 0 Å². The lowest BCUT2D eigenvalue weighted by atomic mass is 10.0. The number of aromatic amines is 3. The van der Waals surface area contributed by atoms with Crippen LogP contribution in [-0.4, -0.2) is 52.0 Å². The van der Waals surface area contributed by atoms with Gasteiger partial charge in [-0.1, -0.05) is 31.9 Å². The zero-order valence-corrected chi connectivity index (χ0v) is 26.2. The van der Waals surface area contributed by atoms with E-state index in [0.717, 1.165) is 64.3 Å². The second kappa shape index (κ2) is 16.4. The molecule has 14 heteroatoms. The van der Waals surface area contributed by atoms with Crippen molar-refractivity contribution in [3.63, 3.8) is 0 Å². The molecule has 2 aromatic heterocycles. The molecule has 0 bridgehead atoms. The smallest absolute Gasteiger partial charge is 0.430 e. The number of carbonyl (C=O) groups is 4. The summed E-state index contributed by atoms with van der Waals surface area (Å²) in [6.45, 7) is 3.84. The summed E-state index contributed by atoms with van der Waals surface area (Å²) in [6, 6.07) is 12.2. The Hall–Kier alpha value is -5.14. The van der Waals surface area contributed by atoms with E-state index in [1.807, 2.05) is 38.1 Å². The number of imidazole rings is 1. The first-order valence-corrected chi connectivity index (χ1v) is 14.9. The van der Waals surface area contributed by atoms with E-state index in [1.54, 1.807) is 31.5 Å². The van der Waals surface area contributed by atoms with Gasteiger partial charge in [0.15, 0.2) is 5.69 Å². The summed E-state index contributed by atoms with van der Waals surface area (Å²) in [6.07, 6.45) is 1.15. The molecule has 0 saturated carbocycles.